The van der Waals surface area contributed by atoms with Gasteiger partial charge in [-0.15, -0.1) is 25.3 Å². The Bertz CT molecular complexity index is 680. The van der Waals surface area contributed by atoms with Crippen LogP contribution in [0.25, 0.3) is 0 Å². The maximum Gasteiger partial charge on any atom is 0.188 e. The molecular formula is C16H14N4S2. The fraction of sp³-hybridized carbons (Fsp3) is 0.125. The molecule has 0 amide bonds. The highest BCUT2D eigenvalue weighted by molar-refractivity contribution is 7.81. The van der Waals surface area contributed by atoms with E-state index in [0.717, 1.165) is 22.8 Å². The number of nitrogens with zero attached hydrogens (tertiary/aromatic N) is 4. The molecule has 0 saturated carbocycles. The van der Waals surface area contributed by atoms with Crippen molar-refractivity contribution in [2.45, 2.75) is 11.0 Å². The third-order valence-corrected chi connectivity index (χ3v) is 4.31. The lowest BCUT2D eigenvalue weighted by Crippen LogP contribution is -2.44. The highest BCUT2D eigenvalue weighted by atomic mass is 32.1. The van der Waals surface area contributed by atoms with Gasteiger partial charge in [0, 0.05) is 11.1 Å². The van der Waals surface area contributed by atoms with E-state index < -0.39 is 0 Å². The van der Waals surface area contributed by atoms with Gasteiger partial charge in [0.1, 0.15) is 0 Å². The van der Waals surface area contributed by atoms with Gasteiger partial charge >= 0.3 is 0 Å². The molecule has 110 valence electrons. The van der Waals surface area contributed by atoms with Crippen LogP contribution >= 0.6 is 25.3 Å². The molecular weight excluding hydrogens is 312 g/mol. The predicted octanol–water partition coefficient (Wildman–Crippen LogP) is 2.85. The second-order valence-electron chi connectivity index (χ2n) is 5.02. The summed E-state index contributed by atoms with van der Waals surface area (Å²) >= 11 is 9.22. The molecule has 0 aromatic heterocycles. The van der Waals surface area contributed by atoms with Crippen LogP contribution in [-0.4, -0.2) is 32.7 Å². The third kappa shape index (κ3) is 2.10. The Hall–Kier alpha value is -1.92. The molecule has 22 heavy (non-hydrogen) atoms. The van der Waals surface area contributed by atoms with E-state index in [2.05, 4.69) is 35.2 Å². The van der Waals surface area contributed by atoms with Crippen molar-refractivity contribution in [3.63, 3.8) is 0 Å². The van der Waals surface area contributed by atoms with Crippen LogP contribution < -0.4 is 0 Å². The van der Waals surface area contributed by atoms with Crippen molar-refractivity contribution in [1.82, 2.24) is 10.0 Å². The van der Waals surface area contributed by atoms with Crippen molar-refractivity contribution in [2.75, 3.05) is 0 Å². The summed E-state index contributed by atoms with van der Waals surface area (Å²) in [6, 6.07) is 20.1. The number of benzene rings is 2. The number of hydrogen-bond donors (Lipinski definition) is 2. The lowest BCUT2D eigenvalue weighted by molar-refractivity contribution is 0.168. The number of aliphatic imine (C=N–C) groups is 2. The molecule has 2 heterocycles. The standard InChI is InChI=1S/C16H14N4S2/c21-15-17-13(11-7-3-1-4-8-11)19-16(22)18-14(20(15)19)12-9-5-2-6-10-12/h1-10,15-16,21-22H/t15-,16+. The van der Waals surface area contributed by atoms with Gasteiger partial charge < -0.3 is 0 Å². The third-order valence-electron chi connectivity index (χ3n) is 3.64. The van der Waals surface area contributed by atoms with Crippen molar-refractivity contribution >= 4 is 36.9 Å². The Morgan fingerprint density at radius 3 is 1.36 bits per heavy atom. The Morgan fingerprint density at radius 2 is 1.00 bits per heavy atom. The normalized spacial score (nSPS) is 23.4. The fourth-order valence-corrected chi connectivity index (χ4v) is 3.34. The summed E-state index contributed by atoms with van der Waals surface area (Å²) in [6.07, 6.45) is 0. The van der Waals surface area contributed by atoms with E-state index >= 15 is 0 Å². The lowest BCUT2D eigenvalue weighted by atomic mass is 10.2. The van der Waals surface area contributed by atoms with Crippen LogP contribution in [0.1, 0.15) is 11.1 Å². The molecule has 2 aliphatic heterocycles. The summed E-state index contributed by atoms with van der Waals surface area (Å²) in [6.45, 7) is 0. The van der Waals surface area contributed by atoms with Gasteiger partial charge in [0.25, 0.3) is 0 Å². The van der Waals surface area contributed by atoms with Crippen molar-refractivity contribution < 1.29 is 0 Å². The minimum absolute atomic E-state index is 0.300. The largest absolute Gasteiger partial charge is 0.229 e. The van der Waals surface area contributed by atoms with Crippen LogP contribution in [0.5, 0.6) is 0 Å². The van der Waals surface area contributed by atoms with Gasteiger partial charge in [-0.3, -0.25) is 0 Å². The van der Waals surface area contributed by atoms with Gasteiger partial charge in [-0.2, -0.15) is 0 Å². The fourth-order valence-electron chi connectivity index (χ4n) is 2.68. The topological polar surface area (TPSA) is 31.2 Å². The molecule has 2 aliphatic rings. The van der Waals surface area contributed by atoms with E-state index in [-0.39, 0.29) is 11.0 Å². The van der Waals surface area contributed by atoms with Crippen LogP contribution in [0.15, 0.2) is 70.6 Å². The minimum atomic E-state index is -0.300. The number of amidine groups is 2. The number of rotatable bonds is 2. The molecule has 4 rings (SSSR count). The first-order chi connectivity index (χ1) is 10.8. The zero-order valence-electron chi connectivity index (χ0n) is 11.6. The van der Waals surface area contributed by atoms with E-state index in [1.54, 1.807) is 0 Å². The van der Waals surface area contributed by atoms with E-state index in [0.29, 0.717) is 0 Å². The van der Waals surface area contributed by atoms with Crippen LogP contribution in [0, 0.1) is 0 Å². The minimum Gasteiger partial charge on any atom is -0.229 e. The molecule has 0 unspecified atom stereocenters. The number of fused-ring (bicyclic) bond motifs is 1. The van der Waals surface area contributed by atoms with Crippen molar-refractivity contribution in [3.8, 4) is 0 Å². The van der Waals surface area contributed by atoms with Gasteiger partial charge in [0.15, 0.2) is 22.7 Å². The molecule has 2 aromatic carbocycles. The highest BCUT2D eigenvalue weighted by Gasteiger charge is 2.43. The molecule has 6 heteroatoms. The van der Waals surface area contributed by atoms with Crippen LogP contribution in [0.4, 0.5) is 0 Å². The number of thiol groups is 2. The molecule has 0 N–H and O–H groups in total. The second kappa shape index (κ2) is 5.37. The molecule has 4 nitrogen and oxygen atoms in total. The van der Waals surface area contributed by atoms with Crippen molar-refractivity contribution in [1.29, 1.82) is 0 Å². The molecule has 2 aromatic rings. The Kier molecular flexibility index (Phi) is 3.35. The second-order valence-corrected chi connectivity index (χ2v) is 5.94. The summed E-state index contributed by atoms with van der Waals surface area (Å²) in [5.74, 6) is 1.69. The maximum atomic E-state index is 4.67. The first-order valence-corrected chi connectivity index (χ1v) is 8.00. The Balaban J connectivity index is 1.73. The Labute approximate surface area is 140 Å². The zero-order chi connectivity index (χ0) is 15.1. The zero-order valence-corrected chi connectivity index (χ0v) is 13.4. The first kappa shape index (κ1) is 13.7. The summed E-state index contributed by atoms with van der Waals surface area (Å²) in [5.41, 5.74) is 1.47. The van der Waals surface area contributed by atoms with E-state index in [1.165, 1.54) is 0 Å². The smallest absolute Gasteiger partial charge is 0.188 e. The summed E-state index contributed by atoms with van der Waals surface area (Å²) in [5, 5.41) is 3.97. The summed E-state index contributed by atoms with van der Waals surface area (Å²) in [7, 11) is 0. The van der Waals surface area contributed by atoms with E-state index in [9.17, 15) is 0 Å². The maximum absolute atomic E-state index is 4.67. The molecule has 0 saturated heterocycles. The van der Waals surface area contributed by atoms with Crippen LogP contribution in [-0.2, 0) is 0 Å². The quantitative estimate of drug-likeness (QED) is 0.832. The van der Waals surface area contributed by atoms with Crippen LogP contribution in [0.3, 0.4) is 0 Å². The van der Waals surface area contributed by atoms with Gasteiger partial charge in [-0.1, -0.05) is 60.7 Å². The number of hydrogen-bond acceptors (Lipinski definition) is 6. The van der Waals surface area contributed by atoms with Crippen molar-refractivity contribution in [3.05, 3.63) is 71.8 Å². The molecule has 2 atom stereocenters. The first-order valence-electron chi connectivity index (χ1n) is 6.96. The molecule has 0 aliphatic carbocycles. The van der Waals surface area contributed by atoms with Gasteiger partial charge in [-0.25, -0.2) is 20.0 Å². The van der Waals surface area contributed by atoms with Gasteiger partial charge in [0.05, 0.1) is 0 Å². The van der Waals surface area contributed by atoms with Gasteiger partial charge in [0.2, 0.25) is 0 Å². The SMILES string of the molecule is S[C@@H]1N=C(c2ccccc2)N2[C@@H](S)N=C(c3ccccc3)N12. The molecule has 0 bridgehead atoms. The van der Waals surface area contributed by atoms with Crippen LogP contribution in [0.2, 0.25) is 0 Å². The molecule has 0 spiro atoms. The van der Waals surface area contributed by atoms with E-state index in [1.807, 2.05) is 70.7 Å². The molecule has 0 fully saturated rings. The summed E-state index contributed by atoms with van der Waals surface area (Å²) in [4.78, 5) is 9.34. The summed E-state index contributed by atoms with van der Waals surface area (Å²) < 4.78 is 0. The Morgan fingerprint density at radius 1 is 0.636 bits per heavy atom. The van der Waals surface area contributed by atoms with Crippen molar-refractivity contribution in [2.24, 2.45) is 9.98 Å². The average molecular weight is 326 g/mol. The number of hydrazine groups is 1. The lowest BCUT2D eigenvalue weighted by Gasteiger charge is -2.29. The highest BCUT2D eigenvalue weighted by Crippen LogP contribution is 2.33. The molecule has 0 radical (unpaired) electrons. The average Bonchev–Trinajstić information content (AvgIpc) is 3.09. The monoisotopic (exact) mass is 326 g/mol. The van der Waals surface area contributed by atoms with Gasteiger partial charge in [-0.05, 0) is 0 Å². The predicted molar refractivity (Wildman–Crippen MR) is 95.2 cm³/mol. The van der Waals surface area contributed by atoms with E-state index in [4.69, 9.17) is 0 Å².